The Hall–Kier alpha value is -1.06. The lowest BCUT2D eigenvalue weighted by molar-refractivity contribution is 0.105. The fourth-order valence-corrected chi connectivity index (χ4v) is 1.57. The standard InChI is InChI=1S/C14H23NO2/c1-10-5-6-11(14(2,3)4)7-13(10)15-8-12(17)9-16/h5-7,12,15-17H,8-9H2,1-4H3. The second-order valence-corrected chi connectivity index (χ2v) is 5.50. The quantitative estimate of drug-likeness (QED) is 0.751. The van der Waals surface area contributed by atoms with Gasteiger partial charge >= 0.3 is 0 Å². The lowest BCUT2D eigenvalue weighted by Crippen LogP contribution is -2.23. The number of aliphatic hydroxyl groups excluding tert-OH is 2. The first-order valence-corrected chi connectivity index (χ1v) is 5.98. The highest BCUT2D eigenvalue weighted by Crippen LogP contribution is 2.26. The minimum Gasteiger partial charge on any atom is -0.394 e. The number of anilines is 1. The van der Waals surface area contributed by atoms with Gasteiger partial charge in [0.2, 0.25) is 0 Å². The minimum absolute atomic E-state index is 0.111. The van der Waals surface area contributed by atoms with Crippen LogP contribution in [0.1, 0.15) is 31.9 Å². The number of hydrogen-bond acceptors (Lipinski definition) is 3. The first-order valence-electron chi connectivity index (χ1n) is 5.98. The van der Waals surface area contributed by atoms with Crippen LogP contribution in [0.15, 0.2) is 18.2 Å². The molecule has 0 radical (unpaired) electrons. The molecule has 3 heteroatoms. The average molecular weight is 237 g/mol. The predicted octanol–water partition coefficient (Wildman–Crippen LogP) is 2.06. The highest BCUT2D eigenvalue weighted by Gasteiger charge is 2.14. The van der Waals surface area contributed by atoms with Gasteiger partial charge in [-0.25, -0.2) is 0 Å². The van der Waals surface area contributed by atoms with E-state index in [1.165, 1.54) is 5.56 Å². The molecule has 0 bridgehead atoms. The second kappa shape index (κ2) is 5.52. The summed E-state index contributed by atoms with van der Waals surface area (Å²) in [5, 5.41) is 21.3. The van der Waals surface area contributed by atoms with Gasteiger partial charge in [-0.15, -0.1) is 0 Å². The summed E-state index contributed by atoms with van der Waals surface area (Å²) in [6, 6.07) is 6.32. The monoisotopic (exact) mass is 237 g/mol. The largest absolute Gasteiger partial charge is 0.394 e. The molecule has 0 aliphatic rings. The lowest BCUT2D eigenvalue weighted by Gasteiger charge is -2.21. The third-order valence-electron chi connectivity index (χ3n) is 2.84. The van der Waals surface area contributed by atoms with Crippen molar-refractivity contribution in [1.29, 1.82) is 0 Å². The number of nitrogens with one attached hydrogen (secondary N) is 1. The number of aryl methyl sites for hydroxylation is 1. The Morgan fingerprint density at radius 2 is 1.94 bits per heavy atom. The Bertz CT molecular complexity index is 369. The maximum absolute atomic E-state index is 9.33. The van der Waals surface area contributed by atoms with Gasteiger partial charge in [0.1, 0.15) is 0 Å². The molecule has 1 rings (SSSR count). The van der Waals surface area contributed by atoms with Crippen molar-refractivity contribution in [3.8, 4) is 0 Å². The van der Waals surface area contributed by atoms with E-state index in [2.05, 4.69) is 44.3 Å². The average Bonchev–Trinajstić information content (AvgIpc) is 2.26. The van der Waals surface area contributed by atoms with Crippen LogP contribution in [0.2, 0.25) is 0 Å². The molecule has 96 valence electrons. The minimum atomic E-state index is -0.715. The molecule has 0 heterocycles. The molecule has 1 aromatic carbocycles. The van der Waals surface area contributed by atoms with Crippen LogP contribution in [0.25, 0.3) is 0 Å². The molecule has 1 atom stereocenters. The van der Waals surface area contributed by atoms with Gasteiger partial charge in [0, 0.05) is 12.2 Å². The van der Waals surface area contributed by atoms with E-state index in [9.17, 15) is 5.11 Å². The molecule has 0 saturated carbocycles. The fraction of sp³-hybridized carbons (Fsp3) is 0.571. The molecule has 3 N–H and O–H groups in total. The van der Waals surface area contributed by atoms with Crippen LogP contribution in [0.3, 0.4) is 0 Å². The van der Waals surface area contributed by atoms with Gasteiger partial charge in [0.25, 0.3) is 0 Å². The van der Waals surface area contributed by atoms with E-state index in [1.54, 1.807) is 0 Å². The zero-order chi connectivity index (χ0) is 13.1. The molecule has 0 aliphatic carbocycles. The van der Waals surface area contributed by atoms with Crippen LogP contribution in [0.5, 0.6) is 0 Å². The van der Waals surface area contributed by atoms with Gasteiger partial charge in [-0.2, -0.15) is 0 Å². The predicted molar refractivity (Wildman–Crippen MR) is 71.5 cm³/mol. The molecular weight excluding hydrogens is 214 g/mol. The smallest absolute Gasteiger partial charge is 0.0942 e. The zero-order valence-electron chi connectivity index (χ0n) is 11.1. The van der Waals surface area contributed by atoms with Crippen LogP contribution in [-0.4, -0.2) is 29.5 Å². The van der Waals surface area contributed by atoms with Crippen LogP contribution >= 0.6 is 0 Å². The van der Waals surface area contributed by atoms with E-state index in [1.807, 2.05) is 6.92 Å². The zero-order valence-corrected chi connectivity index (χ0v) is 11.1. The summed E-state index contributed by atoms with van der Waals surface area (Å²) in [5.41, 5.74) is 3.52. The van der Waals surface area contributed by atoms with E-state index in [-0.39, 0.29) is 12.0 Å². The highest BCUT2D eigenvalue weighted by molar-refractivity contribution is 5.53. The summed E-state index contributed by atoms with van der Waals surface area (Å²) in [5.74, 6) is 0. The molecule has 3 nitrogen and oxygen atoms in total. The lowest BCUT2D eigenvalue weighted by atomic mass is 9.86. The van der Waals surface area contributed by atoms with Gasteiger partial charge < -0.3 is 15.5 Å². The number of aliphatic hydroxyl groups is 2. The Morgan fingerprint density at radius 1 is 1.29 bits per heavy atom. The molecule has 0 aromatic heterocycles. The molecule has 0 fully saturated rings. The van der Waals surface area contributed by atoms with Gasteiger partial charge in [0.05, 0.1) is 12.7 Å². The van der Waals surface area contributed by atoms with E-state index in [0.29, 0.717) is 6.54 Å². The summed E-state index contributed by atoms with van der Waals surface area (Å²) in [6.07, 6.45) is -0.715. The van der Waals surface area contributed by atoms with Crippen molar-refractivity contribution in [2.75, 3.05) is 18.5 Å². The van der Waals surface area contributed by atoms with Crippen molar-refractivity contribution in [1.82, 2.24) is 0 Å². The highest BCUT2D eigenvalue weighted by atomic mass is 16.3. The summed E-state index contributed by atoms with van der Waals surface area (Å²) in [4.78, 5) is 0. The fourth-order valence-electron chi connectivity index (χ4n) is 1.57. The van der Waals surface area contributed by atoms with Crippen molar-refractivity contribution in [2.24, 2.45) is 0 Å². The molecule has 17 heavy (non-hydrogen) atoms. The van der Waals surface area contributed by atoms with Gasteiger partial charge in [0.15, 0.2) is 0 Å². The molecule has 1 aromatic rings. The maximum Gasteiger partial charge on any atom is 0.0942 e. The first-order chi connectivity index (χ1) is 7.84. The van der Waals surface area contributed by atoms with Crippen molar-refractivity contribution in [2.45, 2.75) is 39.2 Å². The van der Waals surface area contributed by atoms with E-state index in [4.69, 9.17) is 5.11 Å². The Labute approximate surface area is 103 Å². The van der Waals surface area contributed by atoms with Crippen LogP contribution in [0, 0.1) is 6.92 Å². The number of benzene rings is 1. The molecular formula is C14H23NO2. The Kier molecular flexibility index (Phi) is 4.54. The van der Waals surface area contributed by atoms with E-state index < -0.39 is 6.10 Å². The summed E-state index contributed by atoms with van der Waals surface area (Å²) in [6.45, 7) is 8.69. The number of hydrogen-bond donors (Lipinski definition) is 3. The molecule has 0 aliphatic heterocycles. The third kappa shape index (κ3) is 4.02. The molecule has 0 saturated heterocycles. The Balaban J connectivity index is 2.84. The van der Waals surface area contributed by atoms with Gasteiger partial charge in [-0.1, -0.05) is 32.9 Å². The van der Waals surface area contributed by atoms with Crippen LogP contribution < -0.4 is 5.32 Å². The molecule has 1 unspecified atom stereocenters. The van der Waals surface area contributed by atoms with Crippen LogP contribution in [-0.2, 0) is 5.41 Å². The summed E-state index contributed by atoms with van der Waals surface area (Å²) in [7, 11) is 0. The summed E-state index contributed by atoms with van der Waals surface area (Å²) < 4.78 is 0. The molecule has 0 amide bonds. The topological polar surface area (TPSA) is 52.5 Å². The van der Waals surface area contributed by atoms with Gasteiger partial charge in [-0.3, -0.25) is 0 Å². The SMILES string of the molecule is Cc1ccc(C(C)(C)C)cc1NCC(O)CO. The normalized spacial score (nSPS) is 13.5. The number of rotatable bonds is 4. The third-order valence-corrected chi connectivity index (χ3v) is 2.84. The van der Waals surface area contributed by atoms with Crippen LogP contribution in [0.4, 0.5) is 5.69 Å². The van der Waals surface area contributed by atoms with Crippen molar-refractivity contribution in [3.63, 3.8) is 0 Å². The van der Waals surface area contributed by atoms with Gasteiger partial charge in [-0.05, 0) is 29.5 Å². The first kappa shape index (κ1) is 14.0. The maximum atomic E-state index is 9.33. The Morgan fingerprint density at radius 3 is 2.47 bits per heavy atom. The van der Waals surface area contributed by atoms with Crippen molar-refractivity contribution >= 4 is 5.69 Å². The molecule has 0 spiro atoms. The van der Waals surface area contributed by atoms with Crippen molar-refractivity contribution < 1.29 is 10.2 Å². The van der Waals surface area contributed by atoms with E-state index >= 15 is 0 Å². The second-order valence-electron chi connectivity index (χ2n) is 5.50. The van der Waals surface area contributed by atoms with E-state index in [0.717, 1.165) is 11.3 Å². The van der Waals surface area contributed by atoms with Crippen molar-refractivity contribution in [3.05, 3.63) is 29.3 Å². The summed E-state index contributed by atoms with van der Waals surface area (Å²) >= 11 is 0.